The molecular weight excluding hydrogens is 438 g/mol. The van der Waals surface area contributed by atoms with Crippen LogP contribution in [-0.4, -0.2) is 16.8 Å². The number of amides is 1. The van der Waals surface area contributed by atoms with Crippen LogP contribution in [0.4, 0.5) is 5.69 Å². The molecule has 4 nitrogen and oxygen atoms in total. The minimum atomic E-state index is -0.273. The van der Waals surface area contributed by atoms with Crippen LogP contribution >= 0.6 is 45.8 Å². The second kappa shape index (κ2) is 6.44. The summed E-state index contributed by atoms with van der Waals surface area (Å²) >= 11 is 13.9. The van der Waals surface area contributed by atoms with Gasteiger partial charge in [0.15, 0.2) is 5.58 Å². The molecule has 0 aliphatic rings. The Morgan fingerprint density at radius 2 is 2.09 bits per heavy atom. The average Bonchev–Trinajstić information content (AvgIpc) is 2.92. The molecule has 22 heavy (non-hydrogen) atoms. The first-order valence-corrected chi connectivity index (χ1v) is 8.28. The van der Waals surface area contributed by atoms with Gasteiger partial charge in [-0.2, -0.15) is 0 Å². The fourth-order valence-corrected chi connectivity index (χ4v) is 2.73. The molecule has 0 fully saturated rings. The van der Waals surface area contributed by atoms with E-state index in [4.69, 9.17) is 27.6 Å². The van der Waals surface area contributed by atoms with Crippen molar-refractivity contribution in [2.75, 3.05) is 11.2 Å². The zero-order valence-corrected chi connectivity index (χ0v) is 14.7. The van der Waals surface area contributed by atoms with Gasteiger partial charge in [0.2, 0.25) is 11.8 Å². The van der Waals surface area contributed by atoms with Crippen molar-refractivity contribution in [1.82, 2.24) is 4.98 Å². The minimum absolute atomic E-state index is 0.0971. The SMILES string of the molecule is O=C(CCl)Nc1ccc2oc(-c3cc(I)ccc3Cl)nc2c1. The number of aromatic nitrogens is 1. The largest absolute Gasteiger partial charge is 0.436 e. The highest BCUT2D eigenvalue weighted by Crippen LogP contribution is 2.32. The third-order valence-corrected chi connectivity index (χ3v) is 4.19. The van der Waals surface area contributed by atoms with Crippen LogP contribution in [0.3, 0.4) is 0 Å². The van der Waals surface area contributed by atoms with E-state index < -0.39 is 0 Å². The number of fused-ring (bicyclic) bond motifs is 1. The molecule has 3 aromatic rings. The van der Waals surface area contributed by atoms with Crippen LogP contribution in [-0.2, 0) is 4.79 Å². The number of anilines is 1. The predicted octanol–water partition coefficient (Wildman–Crippen LogP) is 4.93. The number of nitrogens with one attached hydrogen (secondary N) is 1. The smallest absolute Gasteiger partial charge is 0.239 e. The van der Waals surface area contributed by atoms with Crippen LogP contribution in [0, 0.1) is 3.57 Å². The summed E-state index contributed by atoms with van der Waals surface area (Å²) in [6, 6.07) is 10.8. The van der Waals surface area contributed by atoms with Gasteiger partial charge < -0.3 is 9.73 Å². The second-order valence-electron chi connectivity index (χ2n) is 4.51. The Kier molecular flexibility index (Phi) is 4.56. The van der Waals surface area contributed by atoms with Gasteiger partial charge in [-0.05, 0) is 59.0 Å². The molecule has 112 valence electrons. The summed E-state index contributed by atoms with van der Waals surface area (Å²) in [6.07, 6.45) is 0. The zero-order chi connectivity index (χ0) is 15.7. The van der Waals surface area contributed by atoms with Crippen molar-refractivity contribution in [3.8, 4) is 11.5 Å². The van der Waals surface area contributed by atoms with Crippen LogP contribution < -0.4 is 5.32 Å². The summed E-state index contributed by atoms with van der Waals surface area (Å²) in [5, 5.41) is 3.25. The molecule has 0 unspecified atom stereocenters. The third-order valence-electron chi connectivity index (χ3n) is 2.95. The van der Waals surface area contributed by atoms with Crippen molar-refractivity contribution < 1.29 is 9.21 Å². The summed E-state index contributed by atoms with van der Waals surface area (Å²) in [5.74, 6) is 0.0740. The topological polar surface area (TPSA) is 55.1 Å². The van der Waals surface area contributed by atoms with Gasteiger partial charge in [0.05, 0.1) is 10.6 Å². The van der Waals surface area contributed by atoms with Crippen molar-refractivity contribution in [1.29, 1.82) is 0 Å². The minimum Gasteiger partial charge on any atom is -0.436 e. The maximum atomic E-state index is 11.3. The molecular formula is C15H9Cl2IN2O2. The Morgan fingerprint density at radius 3 is 2.86 bits per heavy atom. The normalized spacial score (nSPS) is 10.9. The molecule has 0 saturated heterocycles. The van der Waals surface area contributed by atoms with E-state index in [9.17, 15) is 4.79 Å². The van der Waals surface area contributed by atoms with Gasteiger partial charge in [-0.15, -0.1) is 11.6 Å². The lowest BCUT2D eigenvalue weighted by Gasteiger charge is -2.01. The van der Waals surface area contributed by atoms with Crippen molar-refractivity contribution in [3.63, 3.8) is 0 Å². The van der Waals surface area contributed by atoms with E-state index in [1.54, 1.807) is 24.3 Å². The first-order valence-electron chi connectivity index (χ1n) is 6.28. The molecule has 0 aliphatic carbocycles. The van der Waals surface area contributed by atoms with Crippen molar-refractivity contribution >= 4 is 68.5 Å². The van der Waals surface area contributed by atoms with Crippen molar-refractivity contribution in [2.45, 2.75) is 0 Å². The van der Waals surface area contributed by atoms with E-state index in [0.717, 1.165) is 9.13 Å². The Hall–Kier alpha value is -1.31. The van der Waals surface area contributed by atoms with E-state index in [0.29, 0.717) is 27.7 Å². The molecule has 7 heteroatoms. The number of hydrogen-bond acceptors (Lipinski definition) is 3. The summed E-state index contributed by atoms with van der Waals surface area (Å²) in [6.45, 7) is 0. The highest BCUT2D eigenvalue weighted by atomic mass is 127. The van der Waals surface area contributed by atoms with Gasteiger partial charge in [0.25, 0.3) is 0 Å². The number of nitrogens with zero attached hydrogens (tertiary/aromatic N) is 1. The van der Waals surface area contributed by atoms with Gasteiger partial charge in [-0.1, -0.05) is 11.6 Å². The summed E-state index contributed by atoms with van der Waals surface area (Å²) < 4.78 is 6.77. The van der Waals surface area contributed by atoms with Gasteiger partial charge in [0.1, 0.15) is 11.4 Å². The van der Waals surface area contributed by atoms with Crippen LogP contribution in [0.1, 0.15) is 0 Å². The Morgan fingerprint density at radius 1 is 1.27 bits per heavy atom. The zero-order valence-electron chi connectivity index (χ0n) is 11.1. The van der Waals surface area contributed by atoms with E-state index in [1.165, 1.54) is 0 Å². The van der Waals surface area contributed by atoms with Gasteiger partial charge in [0, 0.05) is 9.26 Å². The molecule has 0 atom stereocenters. The number of hydrogen-bond donors (Lipinski definition) is 1. The Labute approximate surface area is 149 Å². The number of benzene rings is 2. The lowest BCUT2D eigenvalue weighted by molar-refractivity contribution is -0.113. The fourth-order valence-electron chi connectivity index (χ4n) is 1.98. The number of carbonyl (C=O) groups is 1. The number of alkyl halides is 1. The molecule has 0 bridgehead atoms. The number of halogens is 3. The monoisotopic (exact) mass is 446 g/mol. The number of carbonyl (C=O) groups excluding carboxylic acids is 1. The van der Waals surface area contributed by atoms with E-state index in [2.05, 4.69) is 32.9 Å². The van der Waals surface area contributed by atoms with E-state index in [-0.39, 0.29) is 11.8 Å². The van der Waals surface area contributed by atoms with Crippen LogP contribution in [0.2, 0.25) is 5.02 Å². The molecule has 2 aromatic carbocycles. The molecule has 0 aliphatic heterocycles. The van der Waals surface area contributed by atoms with Crippen LogP contribution in [0.5, 0.6) is 0 Å². The van der Waals surface area contributed by atoms with Crippen molar-refractivity contribution in [3.05, 3.63) is 45.0 Å². The average molecular weight is 447 g/mol. The molecule has 1 aromatic heterocycles. The van der Waals surface area contributed by atoms with Gasteiger partial charge in [-0.3, -0.25) is 4.79 Å². The summed E-state index contributed by atoms with van der Waals surface area (Å²) in [7, 11) is 0. The molecule has 1 heterocycles. The lowest BCUT2D eigenvalue weighted by Crippen LogP contribution is -2.12. The molecule has 0 saturated carbocycles. The van der Waals surface area contributed by atoms with Crippen LogP contribution in [0.15, 0.2) is 40.8 Å². The highest BCUT2D eigenvalue weighted by Gasteiger charge is 2.13. The molecule has 1 amide bonds. The maximum absolute atomic E-state index is 11.3. The Bertz CT molecular complexity index is 864. The summed E-state index contributed by atoms with van der Waals surface area (Å²) in [5.41, 5.74) is 2.61. The van der Waals surface area contributed by atoms with E-state index >= 15 is 0 Å². The number of rotatable bonds is 3. The van der Waals surface area contributed by atoms with Crippen molar-refractivity contribution in [2.24, 2.45) is 0 Å². The first-order chi connectivity index (χ1) is 10.6. The first kappa shape index (κ1) is 15.6. The number of oxazole rings is 1. The fraction of sp³-hybridized carbons (Fsp3) is 0.0667. The Balaban J connectivity index is 2.02. The quantitative estimate of drug-likeness (QED) is 0.458. The third kappa shape index (κ3) is 3.21. The standard InChI is InChI=1S/C15H9Cl2IN2O2/c16-7-14(21)19-9-2-4-13-12(6-9)20-15(22-13)10-5-8(18)1-3-11(10)17/h1-6H,7H2,(H,19,21). The van der Waals surface area contributed by atoms with Gasteiger partial charge in [-0.25, -0.2) is 4.98 Å². The molecule has 1 N–H and O–H groups in total. The van der Waals surface area contributed by atoms with Crippen LogP contribution in [0.25, 0.3) is 22.6 Å². The summed E-state index contributed by atoms with van der Waals surface area (Å²) in [4.78, 5) is 15.8. The molecule has 3 rings (SSSR count). The lowest BCUT2D eigenvalue weighted by atomic mass is 10.2. The van der Waals surface area contributed by atoms with E-state index in [1.807, 2.05) is 12.1 Å². The molecule has 0 radical (unpaired) electrons. The van der Waals surface area contributed by atoms with Gasteiger partial charge >= 0.3 is 0 Å². The maximum Gasteiger partial charge on any atom is 0.239 e. The highest BCUT2D eigenvalue weighted by molar-refractivity contribution is 14.1. The second-order valence-corrected chi connectivity index (χ2v) is 6.43. The predicted molar refractivity (Wildman–Crippen MR) is 96.5 cm³/mol. The molecule has 0 spiro atoms.